The van der Waals surface area contributed by atoms with Gasteiger partial charge < -0.3 is 21.1 Å². The number of nitrogens with one attached hydrogen (secondary N) is 1. The highest BCUT2D eigenvalue weighted by atomic mass is 35.5. The van der Waals surface area contributed by atoms with Gasteiger partial charge in [-0.15, -0.1) is 10.2 Å². The lowest BCUT2D eigenvalue weighted by Crippen LogP contribution is -2.65. The van der Waals surface area contributed by atoms with E-state index in [0.29, 0.717) is 51.4 Å². The van der Waals surface area contributed by atoms with Crippen molar-refractivity contribution in [2.45, 2.75) is 25.5 Å². The molecule has 4 rings (SSSR count). The molecule has 1 saturated heterocycles. The molecule has 0 radical (unpaired) electrons. The molecule has 1 atom stereocenters. The van der Waals surface area contributed by atoms with Crippen LogP contribution in [0.5, 0.6) is 5.75 Å². The number of pyridine rings is 1. The summed E-state index contributed by atoms with van der Waals surface area (Å²) in [6, 6.07) is 8.70. The van der Waals surface area contributed by atoms with Gasteiger partial charge in [0.1, 0.15) is 17.5 Å². The number of hydrogen-bond acceptors (Lipinski definition) is 8. The van der Waals surface area contributed by atoms with Gasteiger partial charge in [-0.1, -0.05) is 23.2 Å². The van der Waals surface area contributed by atoms with E-state index in [1.54, 1.807) is 24.3 Å². The van der Waals surface area contributed by atoms with Crippen molar-refractivity contribution in [3.05, 3.63) is 69.6 Å². The van der Waals surface area contributed by atoms with E-state index in [2.05, 4.69) is 15.2 Å². The number of nitrogens with two attached hydrogens (primary N) is 2. The molecule has 0 spiro atoms. The smallest absolute Gasteiger partial charge is 0.151 e. The van der Waals surface area contributed by atoms with E-state index in [-0.39, 0.29) is 11.3 Å². The van der Waals surface area contributed by atoms with Crippen LogP contribution in [0.4, 0.5) is 11.5 Å². The molecule has 1 aliphatic heterocycles. The van der Waals surface area contributed by atoms with Crippen LogP contribution < -0.4 is 21.1 Å². The number of ether oxygens (including phenoxy) is 1. The van der Waals surface area contributed by atoms with Gasteiger partial charge in [0.15, 0.2) is 5.82 Å². The number of nitrogen functional groups attached to an aromatic ring is 1. The molecule has 3 heterocycles. The van der Waals surface area contributed by atoms with Crippen LogP contribution in [0.15, 0.2) is 42.7 Å². The number of nitrogens with zero attached hydrogens (tertiary/aromatic N) is 4. The minimum Gasteiger partial charge on any atom is -0.486 e. The van der Waals surface area contributed by atoms with Crippen LogP contribution in [-0.2, 0) is 0 Å². The maximum absolute atomic E-state index is 8.60. The van der Waals surface area contributed by atoms with Crippen LogP contribution in [0.2, 0.25) is 10.0 Å². The first-order valence-corrected chi connectivity index (χ1v) is 10.7. The Morgan fingerprint density at radius 2 is 1.84 bits per heavy atom. The van der Waals surface area contributed by atoms with Crippen LogP contribution in [-0.4, -0.2) is 39.5 Å². The lowest BCUT2D eigenvalue weighted by Gasteiger charge is -2.45. The molecule has 0 aliphatic carbocycles. The molecular formula is C22H23Cl2N7O. The highest BCUT2D eigenvalue weighted by molar-refractivity contribution is 6.35. The average molecular weight is 472 g/mol. The van der Waals surface area contributed by atoms with Crippen molar-refractivity contribution < 1.29 is 4.74 Å². The molecule has 0 saturated carbocycles. The first-order chi connectivity index (χ1) is 15.1. The van der Waals surface area contributed by atoms with Crippen molar-refractivity contribution in [3.8, 4) is 5.75 Å². The summed E-state index contributed by atoms with van der Waals surface area (Å²) in [7, 11) is 0. The van der Waals surface area contributed by atoms with Gasteiger partial charge in [0, 0.05) is 47.8 Å². The SMILES string of the molecule is C[C@@H](Oc1ccc(N)c(C(=N)c2ccc(N3CC(C)(N)C3)nn2)c1)c1c(Cl)cncc1Cl. The van der Waals surface area contributed by atoms with Crippen molar-refractivity contribution in [2.75, 3.05) is 23.7 Å². The second-order valence-corrected chi connectivity index (χ2v) is 9.00. The van der Waals surface area contributed by atoms with Crippen LogP contribution in [0.3, 0.4) is 0 Å². The molecule has 1 aliphatic rings. The molecule has 0 unspecified atom stereocenters. The van der Waals surface area contributed by atoms with Crippen molar-refractivity contribution in [3.63, 3.8) is 0 Å². The fraction of sp³-hybridized carbons (Fsp3) is 0.273. The zero-order chi connectivity index (χ0) is 23.0. The molecule has 3 aromatic rings. The van der Waals surface area contributed by atoms with Crippen molar-refractivity contribution in [2.24, 2.45) is 5.73 Å². The van der Waals surface area contributed by atoms with E-state index in [1.165, 1.54) is 12.4 Å². The van der Waals surface area contributed by atoms with Gasteiger partial charge >= 0.3 is 0 Å². The Morgan fingerprint density at radius 3 is 2.44 bits per heavy atom. The molecule has 1 fully saturated rings. The van der Waals surface area contributed by atoms with E-state index in [0.717, 1.165) is 5.82 Å². The lowest BCUT2D eigenvalue weighted by atomic mass is 9.94. The molecule has 166 valence electrons. The average Bonchev–Trinajstić information content (AvgIpc) is 2.73. The summed E-state index contributed by atoms with van der Waals surface area (Å²) in [4.78, 5) is 6.00. The third-order valence-corrected chi connectivity index (χ3v) is 5.84. The monoisotopic (exact) mass is 471 g/mol. The van der Waals surface area contributed by atoms with Crippen molar-refractivity contribution in [1.29, 1.82) is 5.41 Å². The van der Waals surface area contributed by atoms with Gasteiger partial charge in [0.2, 0.25) is 0 Å². The van der Waals surface area contributed by atoms with E-state index >= 15 is 0 Å². The zero-order valence-electron chi connectivity index (χ0n) is 17.6. The van der Waals surface area contributed by atoms with Crippen LogP contribution >= 0.6 is 23.2 Å². The second-order valence-electron chi connectivity index (χ2n) is 8.19. The van der Waals surface area contributed by atoms with Crippen LogP contribution in [0, 0.1) is 5.41 Å². The van der Waals surface area contributed by atoms with E-state index in [9.17, 15) is 0 Å². The molecule has 2 aromatic heterocycles. The first-order valence-electron chi connectivity index (χ1n) is 9.96. The number of anilines is 2. The van der Waals surface area contributed by atoms with Crippen molar-refractivity contribution >= 4 is 40.4 Å². The predicted molar refractivity (Wildman–Crippen MR) is 127 cm³/mol. The molecule has 10 heteroatoms. The first kappa shape index (κ1) is 22.3. The summed E-state index contributed by atoms with van der Waals surface area (Å²) in [5, 5.41) is 17.9. The van der Waals surface area contributed by atoms with E-state index < -0.39 is 6.10 Å². The molecule has 8 nitrogen and oxygen atoms in total. The molecular weight excluding hydrogens is 449 g/mol. The summed E-state index contributed by atoms with van der Waals surface area (Å²) in [6.07, 6.45) is 2.60. The predicted octanol–water partition coefficient (Wildman–Crippen LogP) is 3.85. The summed E-state index contributed by atoms with van der Waals surface area (Å²) in [5.74, 6) is 1.25. The minimum absolute atomic E-state index is 0.145. The largest absolute Gasteiger partial charge is 0.486 e. The zero-order valence-corrected chi connectivity index (χ0v) is 19.2. The van der Waals surface area contributed by atoms with Gasteiger partial charge in [0.25, 0.3) is 0 Å². The number of benzene rings is 1. The summed E-state index contributed by atoms with van der Waals surface area (Å²) >= 11 is 12.5. The molecule has 32 heavy (non-hydrogen) atoms. The maximum Gasteiger partial charge on any atom is 0.151 e. The van der Waals surface area contributed by atoms with Gasteiger partial charge in [-0.05, 0) is 44.2 Å². The Bertz CT molecular complexity index is 1140. The van der Waals surface area contributed by atoms with Crippen molar-refractivity contribution in [1.82, 2.24) is 15.2 Å². The van der Waals surface area contributed by atoms with E-state index in [1.807, 2.05) is 24.8 Å². The van der Waals surface area contributed by atoms with E-state index in [4.69, 9.17) is 44.8 Å². The molecule has 0 bridgehead atoms. The van der Waals surface area contributed by atoms with Gasteiger partial charge in [0.05, 0.1) is 15.8 Å². The molecule has 1 aromatic carbocycles. The van der Waals surface area contributed by atoms with Crippen LogP contribution in [0.1, 0.15) is 36.8 Å². The molecule has 5 N–H and O–H groups in total. The fourth-order valence-corrected chi connectivity index (χ4v) is 4.32. The minimum atomic E-state index is -0.438. The van der Waals surface area contributed by atoms with Gasteiger partial charge in [-0.3, -0.25) is 10.4 Å². The quantitative estimate of drug-likeness (QED) is 0.367. The number of hydrogen-bond donors (Lipinski definition) is 3. The van der Waals surface area contributed by atoms with Gasteiger partial charge in [-0.2, -0.15) is 0 Å². The maximum atomic E-state index is 8.60. The Morgan fingerprint density at radius 1 is 1.16 bits per heavy atom. The Labute approximate surface area is 196 Å². The van der Waals surface area contributed by atoms with Crippen LogP contribution in [0.25, 0.3) is 0 Å². The number of aromatic nitrogens is 3. The topological polar surface area (TPSA) is 127 Å². The Balaban J connectivity index is 1.53. The lowest BCUT2D eigenvalue weighted by molar-refractivity contribution is 0.227. The molecule has 0 amide bonds. The summed E-state index contributed by atoms with van der Waals surface area (Å²) < 4.78 is 6.03. The number of rotatable bonds is 6. The normalized spacial score (nSPS) is 15.7. The third-order valence-electron chi connectivity index (χ3n) is 5.24. The Kier molecular flexibility index (Phi) is 5.94. The highest BCUT2D eigenvalue weighted by Crippen LogP contribution is 2.33. The highest BCUT2D eigenvalue weighted by Gasteiger charge is 2.35. The standard InChI is InChI=1S/C22H23Cl2N7O/c1-12(20-15(23)8-28-9-16(20)24)32-13-3-4-17(25)14(7-13)21(26)18-5-6-19(30-29-18)31-10-22(2,27)11-31/h3-9,12,26H,10-11,25,27H2,1-2H3/t12-/m1/s1. The summed E-state index contributed by atoms with van der Waals surface area (Å²) in [5.41, 5.74) is 14.1. The fourth-order valence-electron chi connectivity index (χ4n) is 3.65. The third kappa shape index (κ3) is 4.48. The summed E-state index contributed by atoms with van der Waals surface area (Å²) in [6.45, 7) is 5.26. The number of halogens is 2. The second kappa shape index (κ2) is 8.54. The Hall–Kier alpha value is -2.94. The van der Waals surface area contributed by atoms with Gasteiger partial charge in [-0.25, -0.2) is 0 Å².